The second-order valence-electron chi connectivity index (χ2n) is 4.75. The number of rotatable bonds is 4. The molecule has 2 aromatic rings. The van der Waals surface area contributed by atoms with E-state index in [4.69, 9.17) is 0 Å². The minimum Gasteiger partial charge on any atom is -0.211 e. The number of aromatic nitrogens is 2. The van der Waals surface area contributed by atoms with Crippen LogP contribution in [0.25, 0.3) is 11.3 Å². The fraction of sp³-hybridized carbons (Fsp3) is 0.357. The molecule has 0 bridgehead atoms. The lowest BCUT2D eigenvalue weighted by molar-refractivity contribution is 0.0568. The van der Waals surface area contributed by atoms with Gasteiger partial charge in [0, 0.05) is 11.8 Å². The molecule has 0 radical (unpaired) electrons. The van der Waals surface area contributed by atoms with E-state index in [1.54, 1.807) is 6.07 Å². The standard InChI is InChI=1S/C14H16F2N2/c1-10(2)9-11-3-5-12(6-4-11)13-7-8-18(17-13)14(15)16/h3-8,10,14H,9H2,1-2H3. The lowest BCUT2D eigenvalue weighted by Crippen LogP contribution is -1.98. The van der Waals surface area contributed by atoms with E-state index in [-0.39, 0.29) is 0 Å². The zero-order chi connectivity index (χ0) is 13.1. The third-order valence-electron chi connectivity index (χ3n) is 2.70. The second kappa shape index (κ2) is 5.29. The molecule has 0 saturated carbocycles. The first-order valence-electron chi connectivity index (χ1n) is 5.99. The van der Waals surface area contributed by atoms with Crippen molar-refractivity contribution >= 4 is 0 Å². The Labute approximate surface area is 105 Å². The van der Waals surface area contributed by atoms with Gasteiger partial charge in [0.2, 0.25) is 0 Å². The summed E-state index contributed by atoms with van der Waals surface area (Å²) in [7, 11) is 0. The summed E-state index contributed by atoms with van der Waals surface area (Å²) in [5.74, 6) is 0.605. The van der Waals surface area contributed by atoms with Gasteiger partial charge in [-0.1, -0.05) is 38.1 Å². The van der Waals surface area contributed by atoms with Crippen molar-refractivity contribution in [3.05, 3.63) is 42.1 Å². The molecule has 18 heavy (non-hydrogen) atoms. The van der Waals surface area contributed by atoms with E-state index in [1.807, 2.05) is 24.3 Å². The number of benzene rings is 1. The van der Waals surface area contributed by atoms with Crippen LogP contribution in [0.15, 0.2) is 36.5 Å². The molecule has 96 valence electrons. The maximum atomic E-state index is 12.4. The maximum absolute atomic E-state index is 12.4. The minimum absolute atomic E-state index is 0.575. The van der Waals surface area contributed by atoms with E-state index in [9.17, 15) is 8.78 Å². The highest BCUT2D eigenvalue weighted by atomic mass is 19.3. The quantitative estimate of drug-likeness (QED) is 0.797. The predicted molar refractivity (Wildman–Crippen MR) is 67.5 cm³/mol. The Morgan fingerprint density at radius 2 is 1.78 bits per heavy atom. The first-order valence-corrected chi connectivity index (χ1v) is 5.99. The molecule has 0 saturated heterocycles. The van der Waals surface area contributed by atoms with Gasteiger partial charge in [0.05, 0.1) is 5.69 Å². The molecule has 4 heteroatoms. The van der Waals surface area contributed by atoms with Crippen LogP contribution in [0.5, 0.6) is 0 Å². The molecule has 0 aliphatic rings. The van der Waals surface area contributed by atoms with Gasteiger partial charge in [0.1, 0.15) is 0 Å². The van der Waals surface area contributed by atoms with Crippen molar-refractivity contribution in [1.29, 1.82) is 0 Å². The summed E-state index contributed by atoms with van der Waals surface area (Å²) < 4.78 is 25.5. The van der Waals surface area contributed by atoms with Gasteiger partial charge < -0.3 is 0 Å². The van der Waals surface area contributed by atoms with Crippen molar-refractivity contribution in [1.82, 2.24) is 9.78 Å². The van der Waals surface area contributed by atoms with Crippen LogP contribution >= 0.6 is 0 Å². The van der Waals surface area contributed by atoms with Gasteiger partial charge in [-0.05, 0) is 24.0 Å². The number of hydrogen-bond donors (Lipinski definition) is 0. The van der Waals surface area contributed by atoms with Crippen LogP contribution in [0.4, 0.5) is 8.78 Å². The first kappa shape index (κ1) is 12.7. The summed E-state index contributed by atoms with van der Waals surface area (Å²) in [5.41, 5.74) is 2.69. The van der Waals surface area contributed by atoms with Crippen molar-refractivity contribution in [3.63, 3.8) is 0 Å². The van der Waals surface area contributed by atoms with Gasteiger partial charge in [-0.2, -0.15) is 13.9 Å². The molecule has 0 aliphatic heterocycles. The molecule has 1 heterocycles. The molecule has 0 aliphatic carbocycles. The Balaban J connectivity index is 2.17. The number of hydrogen-bond acceptors (Lipinski definition) is 1. The molecule has 0 fully saturated rings. The van der Waals surface area contributed by atoms with Gasteiger partial charge >= 0.3 is 6.55 Å². The van der Waals surface area contributed by atoms with Crippen LogP contribution in [-0.2, 0) is 6.42 Å². The van der Waals surface area contributed by atoms with Crippen LogP contribution in [0.2, 0.25) is 0 Å². The van der Waals surface area contributed by atoms with Crippen molar-refractivity contribution < 1.29 is 8.78 Å². The molecule has 2 rings (SSSR count). The fourth-order valence-electron chi connectivity index (χ4n) is 1.88. The normalized spacial score (nSPS) is 11.4. The smallest absolute Gasteiger partial charge is 0.211 e. The third-order valence-corrected chi connectivity index (χ3v) is 2.70. The maximum Gasteiger partial charge on any atom is 0.333 e. The molecule has 0 unspecified atom stereocenters. The van der Waals surface area contributed by atoms with E-state index in [0.29, 0.717) is 16.3 Å². The van der Waals surface area contributed by atoms with Crippen molar-refractivity contribution in [2.45, 2.75) is 26.8 Å². The summed E-state index contributed by atoms with van der Waals surface area (Å²) in [4.78, 5) is 0. The Kier molecular flexibility index (Phi) is 3.75. The summed E-state index contributed by atoms with van der Waals surface area (Å²) in [5, 5.41) is 3.84. The SMILES string of the molecule is CC(C)Cc1ccc(-c2ccn(C(F)F)n2)cc1. The van der Waals surface area contributed by atoms with Crippen LogP contribution < -0.4 is 0 Å². The molecular weight excluding hydrogens is 234 g/mol. The first-order chi connectivity index (χ1) is 8.56. The largest absolute Gasteiger partial charge is 0.333 e. The van der Waals surface area contributed by atoms with Gasteiger partial charge in [0.15, 0.2) is 0 Å². The van der Waals surface area contributed by atoms with Crippen LogP contribution in [0.3, 0.4) is 0 Å². The lowest BCUT2D eigenvalue weighted by Gasteiger charge is -2.05. The molecule has 0 amide bonds. The van der Waals surface area contributed by atoms with Gasteiger partial charge in [-0.15, -0.1) is 0 Å². The molecule has 0 spiro atoms. The molecule has 0 N–H and O–H groups in total. The average molecular weight is 250 g/mol. The lowest BCUT2D eigenvalue weighted by atomic mass is 10.0. The van der Waals surface area contributed by atoms with E-state index in [0.717, 1.165) is 12.0 Å². The number of halogens is 2. The Bertz CT molecular complexity index is 501. The average Bonchev–Trinajstić information content (AvgIpc) is 2.78. The number of nitrogens with zero attached hydrogens (tertiary/aromatic N) is 2. The fourth-order valence-corrected chi connectivity index (χ4v) is 1.88. The number of alkyl halides is 2. The molecular formula is C14H16F2N2. The highest BCUT2D eigenvalue weighted by Gasteiger charge is 2.08. The van der Waals surface area contributed by atoms with E-state index in [1.165, 1.54) is 11.8 Å². The molecule has 1 aromatic carbocycles. The third kappa shape index (κ3) is 2.94. The van der Waals surface area contributed by atoms with E-state index < -0.39 is 6.55 Å². The predicted octanol–water partition coefficient (Wildman–Crippen LogP) is 4.14. The van der Waals surface area contributed by atoms with Gasteiger partial charge in [0.25, 0.3) is 0 Å². The topological polar surface area (TPSA) is 17.8 Å². The molecule has 2 nitrogen and oxygen atoms in total. The molecule has 1 aromatic heterocycles. The Morgan fingerprint density at radius 3 is 2.28 bits per heavy atom. The summed E-state index contributed by atoms with van der Waals surface area (Å²) in [6.07, 6.45) is 2.31. The van der Waals surface area contributed by atoms with E-state index >= 15 is 0 Å². The van der Waals surface area contributed by atoms with Gasteiger partial charge in [-0.3, -0.25) is 0 Å². The van der Waals surface area contributed by atoms with Crippen molar-refractivity contribution in [2.24, 2.45) is 5.92 Å². The summed E-state index contributed by atoms with van der Waals surface area (Å²) in [6.45, 7) is 1.75. The highest BCUT2D eigenvalue weighted by molar-refractivity contribution is 5.58. The van der Waals surface area contributed by atoms with Crippen LogP contribution in [0, 0.1) is 5.92 Å². The van der Waals surface area contributed by atoms with E-state index in [2.05, 4.69) is 18.9 Å². The Morgan fingerprint density at radius 1 is 1.11 bits per heavy atom. The Hall–Kier alpha value is -1.71. The van der Waals surface area contributed by atoms with Gasteiger partial charge in [-0.25, -0.2) is 4.68 Å². The second-order valence-corrected chi connectivity index (χ2v) is 4.75. The highest BCUT2D eigenvalue weighted by Crippen LogP contribution is 2.20. The van der Waals surface area contributed by atoms with Crippen molar-refractivity contribution in [3.8, 4) is 11.3 Å². The summed E-state index contributed by atoms with van der Waals surface area (Å²) in [6, 6.07) is 9.50. The van der Waals surface area contributed by atoms with Crippen LogP contribution in [-0.4, -0.2) is 9.78 Å². The molecule has 0 atom stereocenters. The van der Waals surface area contributed by atoms with Crippen LogP contribution in [0.1, 0.15) is 26.0 Å². The zero-order valence-electron chi connectivity index (χ0n) is 10.5. The monoisotopic (exact) mass is 250 g/mol. The van der Waals surface area contributed by atoms with Crippen molar-refractivity contribution in [2.75, 3.05) is 0 Å². The summed E-state index contributed by atoms with van der Waals surface area (Å²) >= 11 is 0. The zero-order valence-corrected chi connectivity index (χ0v) is 10.5. The minimum atomic E-state index is -2.58.